The Balaban J connectivity index is 2.00. The molecule has 1 aromatic carbocycles. The molecular weight excluding hydrogens is 444 g/mol. The largest absolute Gasteiger partial charge is 0.299 e. The zero-order valence-corrected chi connectivity index (χ0v) is 20.6. The Hall–Kier alpha value is -2.00. The van der Waals surface area contributed by atoms with Crippen molar-refractivity contribution in [2.75, 3.05) is 25.4 Å². The van der Waals surface area contributed by atoms with Crippen molar-refractivity contribution in [3.63, 3.8) is 0 Å². The van der Waals surface area contributed by atoms with E-state index in [4.69, 9.17) is 0 Å². The third-order valence-electron chi connectivity index (χ3n) is 6.13. The summed E-state index contributed by atoms with van der Waals surface area (Å²) in [5.41, 5.74) is 5.09. The number of amides is 1. The number of sulfone groups is 1. The van der Waals surface area contributed by atoms with Crippen LogP contribution in [-0.4, -0.2) is 49.8 Å². The number of nitrogens with one attached hydrogen (secondary N) is 1. The third-order valence-corrected chi connectivity index (χ3v) is 10.1. The maximum Gasteiger partial charge on any atom is 0.245 e. The molecule has 1 fully saturated rings. The molecule has 0 aliphatic carbocycles. The van der Waals surface area contributed by atoms with Crippen LogP contribution in [0, 0.1) is 0 Å². The number of allylic oxidation sites excluding steroid dienone is 1. The maximum atomic E-state index is 13.6. The van der Waals surface area contributed by atoms with Gasteiger partial charge in [-0.2, -0.15) is 0 Å². The fourth-order valence-electron chi connectivity index (χ4n) is 4.05. The molecule has 1 aliphatic rings. The average molecular weight is 477 g/mol. The number of nitrogens with zero attached hydrogens (tertiary/aromatic N) is 1. The lowest BCUT2D eigenvalue weighted by Gasteiger charge is -2.30. The van der Waals surface area contributed by atoms with E-state index in [-0.39, 0.29) is 12.2 Å². The van der Waals surface area contributed by atoms with E-state index in [0.29, 0.717) is 30.9 Å². The zero-order chi connectivity index (χ0) is 23.4. The summed E-state index contributed by atoms with van der Waals surface area (Å²) in [4.78, 5) is 16.0. The summed E-state index contributed by atoms with van der Waals surface area (Å²) in [6.45, 7) is 7.80. The van der Waals surface area contributed by atoms with Crippen LogP contribution in [0.15, 0.2) is 48.0 Å². The van der Waals surface area contributed by atoms with Gasteiger partial charge in [-0.1, -0.05) is 42.8 Å². The van der Waals surface area contributed by atoms with Gasteiger partial charge in [0.05, 0.1) is 12.2 Å². The molecule has 2 N–H and O–H groups in total. The molecule has 2 aromatic rings. The summed E-state index contributed by atoms with van der Waals surface area (Å²) in [7, 11) is -3.65. The van der Waals surface area contributed by atoms with Gasteiger partial charge in [-0.05, 0) is 49.9 Å². The smallest absolute Gasteiger partial charge is 0.245 e. The number of carbonyl (C=O) groups excluding carboxylic acids is 1. The number of thiophene rings is 1. The standard InChI is InChI=1S/C24H32N2O4S2/c1-4-19-5-7-20(8-6-19)21-9-10-22(31-21)24(17-23(27)25-28)12-14-26(13-11-18(2)3)15-16-32(24,29)30/h5-11,28H,4,12-17H2,1-3H3,(H,25,27)/t24-/m0/s1. The van der Waals surface area contributed by atoms with Crippen LogP contribution in [-0.2, 0) is 25.8 Å². The van der Waals surface area contributed by atoms with Gasteiger partial charge in [-0.3, -0.25) is 14.9 Å². The van der Waals surface area contributed by atoms with Crippen LogP contribution in [0.2, 0.25) is 0 Å². The molecule has 3 rings (SSSR count). The Labute approximate surface area is 194 Å². The fraction of sp³-hybridized carbons (Fsp3) is 0.458. The Bertz CT molecular complexity index is 1070. The minimum atomic E-state index is -3.65. The summed E-state index contributed by atoms with van der Waals surface area (Å²) in [6.07, 6.45) is 3.05. The van der Waals surface area contributed by atoms with Crippen LogP contribution in [0.25, 0.3) is 10.4 Å². The molecule has 0 spiro atoms. The topological polar surface area (TPSA) is 86.7 Å². The zero-order valence-electron chi connectivity index (χ0n) is 18.9. The minimum absolute atomic E-state index is 0.0270. The molecule has 0 unspecified atom stereocenters. The van der Waals surface area contributed by atoms with E-state index < -0.39 is 20.5 Å². The van der Waals surface area contributed by atoms with Crippen molar-refractivity contribution in [1.82, 2.24) is 10.4 Å². The van der Waals surface area contributed by atoms with E-state index in [2.05, 4.69) is 30.0 Å². The predicted molar refractivity (Wildman–Crippen MR) is 130 cm³/mol. The Morgan fingerprint density at radius 2 is 1.91 bits per heavy atom. The van der Waals surface area contributed by atoms with Crippen LogP contribution in [0.1, 0.15) is 44.1 Å². The Kier molecular flexibility index (Phi) is 7.92. The van der Waals surface area contributed by atoms with Crippen LogP contribution in [0.5, 0.6) is 0 Å². The average Bonchev–Trinajstić information content (AvgIpc) is 3.23. The summed E-state index contributed by atoms with van der Waals surface area (Å²) in [5, 5.41) is 9.19. The van der Waals surface area contributed by atoms with Crippen LogP contribution in [0.3, 0.4) is 0 Å². The molecule has 1 atom stereocenters. The number of rotatable bonds is 7. The summed E-state index contributed by atoms with van der Waals surface area (Å²) >= 11 is 1.42. The van der Waals surface area contributed by atoms with Gasteiger partial charge >= 0.3 is 0 Å². The Morgan fingerprint density at radius 1 is 1.19 bits per heavy atom. The van der Waals surface area contributed by atoms with Gasteiger partial charge in [0, 0.05) is 29.4 Å². The third kappa shape index (κ3) is 5.31. The van der Waals surface area contributed by atoms with Crippen molar-refractivity contribution in [2.45, 2.75) is 44.8 Å². The van der Waals surface area contributed by atoms with E-state index >= 15 is 0 Å². The van der Waals surface area contributed by atoms with Gasteiger partial charge in [0.2, 0.25) is 5.91 Å². The number of hydroxylamine groups is 1. The first-order valence-electron chi connectivity index (χ1n) is 10.9. The highest BCUT2D eigenvalue weighted by Crippen LogP contribution is 2.45. The maximum absolute atomic E-state index is 13.6. The molecule has 174 valence electrons. The molecule has 8 heteroatoms. The molecule has 32 heavy (non-hydrogen) atoms. The van der Waals surface area contributed by atoms with E-state index in [0.717, 1.165) is 16.9 Å². The molecule has 0 radical (unpaired) electrons. The Morgan fingerprint density at radius 3 is 2.53 bits per heavy atom. The summed E-state index contributed by atoms with van der Waals surface area (Å²) < 4.78 is 25.8. The molecule has 0 saturated carbocycles. The van der Waals surface area contributed by atoms with Crippen molar-refractivity contribution in [3.8, 4) is 10.4 Å². The van der Waals surface area contributed by atoms with Crippen molar-refractivity contribution < 1.29 is 18.4 Å². The second-order valence-electron chi connectivity index (χ2n) is 8.57. The van der Waals surface area contributed by atoms with Gasteiger partial charge in [0.25, 0.3) is 0 Å². The number of hydrogen-bond acceptors (Lipinski definition) is 6. The van der Waals surface area contributed by atoms with Crippen LogP contribution in [0.4, 0.5) is 0 Å². The highest BCUT2D eigenvalue weighted by molar-refractivity contribution is 7.92. The second kappa shape index (κ2) is 10.3. The first kappa shape index (κ1) is 24.6. The van der Waals surface area contributed by atoms with Gasteiger partial charge in [0.15, 0.2) is 9.84 Å². The van der Waals surface area contributed by atoms with Gasteiger partial charge in [0.1, 0.15) is 4.75 Å². The van der Waals surface area contributed by atoms with Crippen molar-refractivity contribution >= 4 is 27.1 Å². The van der Waals surface area contributed by atoms with Crippen molar-refractivity contribution in [1.29, 1.82) is 0 Å². The van der Waals surface area contributed by atoms with E-state index in [9.17, 15) is 18.4 Å². The molecule has 2 heterocycles. The van der Waals surface area contributed by atoms with Gasteiger partial charge in [-0.25, -0.2) is 13.9 Å². The molecule has 1 aliphatic heterocycles. The number of benzene rings is 1. The first-order chi connectivity index (χ1) is 15.2. The fourth-order valence-corrected chi connectivity index (χ4v) is 7.69. The molecule has 0 bridgehead atoms. The lowest BCUT2D eigenvalue weighted by Crippen LogP contribution is -2.41. The first-order valence-corrected chi connectivity index (χ1v) is 13.4. The van der Waals surface area contributed by atoms with Crippen LogP contribution >= 0.6 is 11.3 Å². The van der Waals surface area contributed by atoms with Gasteiger partial charge in [-0.15, -0.1) is 11.3 Å². The minimum Gasteiger partial charge on any atom is -0.299 e. The highest BCUT2D eigenvalue weighted by atomic mass is 32.2. The lowest BCUT2D eigenvalue weighted by molar-refractivity contribution is -0.130. The monoisotopic (exact) mass is 476 g/mol. The molecule has 1 aromatic heterocycles. The summed E-state index contributed by atoms with van der Waals surface area (Å²) in [5.74, 6) is -0.714. The lowest BCUT2D eigenvalue weighted by atomic mass is 9.97. The van der Waals surface area contributed by atoms with Crippen molar-refractivity contribution in [3.05, 3.63) is 58.5 Å². The number of carbonyl (C=O) groups is 1. The quantitative estimate of drug-likeness (QED) is 0.356. The predicted octanol–water partition coefficient (Wildman–Crippen LogP) is 4.16. The highest BCUT2D eigenvalue weighted by Gasteiger charge is 2.49. The normalized spacial score (nSPS) is 21.0. The molecule has 1 amide bonds. The summed E-state index contributed by atoms with van der Waals surface area (Å²) in [6, 6.07) is 12.0. The number of aryl methyl sites for hydroxylation is 1. The van der Waals surface area contributed by atoms with E-state index in [1.807, 2.05) is 38.1 Å². The second-order valence-corrected chi connectivity index (χ2v) is 12.1. The molecule has 6 nitrogen and oxygen atoms in total. The van der Waals surface area contributed by atoms with E-state index in [1.54, 1.807) is 5.48 Å². The number of hydrogen-bond donors (Lipinski definition) is 2. The van der Waals surface area contributed by atoms with Gasteiger partial charge < -0.3 is 0 Å². The molecule has 1 saturated heterocycles. The molecular formula is C24H32N2O4S2. The van der Waals surface area contributed by atoms with Crippen molar-refractivity contribution in [2.24, 2.45) is 0 Å². The van der Waals surface area contributed by atoms with E-state index in [1.165, 1.54) is 22.5 Å². The van der Waals surface area contributed by atoms with Crippen LogP contribution < -0.4 is 5.48 Å². The SMILES string of the molecule is CCc1ccc(-c2ccc([C@@]3(CC(=O)NO)CCN(CC=C(C)C)CCS3(=O)=O)s2)cc1.